The number of benzene rings is 1. The van der Waals surface area contributed by atoms with Gasteiger partial charge >= 0.3 is 0 Å². The summed E-state index contributed by atoms with van der Waals surface area (Å²) in [5, 5.41) is 0.725. The van der Waals surface area contributed by atoms with Gasteiger partial charge in [0.2, 0.25) is 0 Å². The first kappa shape index (κ1) is 16.5. The Morgan fingerprint density at radius 1 is 1.35 bits per heavy atom. The first-order chi connectivity index (χ1) is 9.30. The van der Waals surface area contributed by atoms with Gasteiger partial charge in [-0.05, 0) is 32.0 Å². The summed E-state index contributed by atoms with van der Waals surface area (Å²) in [6, 6.07) is 5.61. The predicted molar refractivity (Wildman–Crippen MR) is 90.5 cm³/mol. The van der Waals surface area contributed by atoms with E-state index in [-0.39, 0.29) is 17.6 Å². The Bertz CT molecular complexity index is 499. The summed E-state index contributed by atoms with van der Waals surface area (Å²) in [5.41, 5.74) is 0.354. The minimum Gasteiger partial charge on any atom is -0.368 e. The first-order valence-corrected chi connectivity index (χ1v) is 9.00. The highest BCUT2D eigenvalue weighted by Gasteiger charge is 2.35. The van der Waals surface area contributed by atoms with Crippen molar-refractivity contribution < 1.29 is 9.53 Å². The number of amides is 1. The van der Waals surface area contributed by atoms with Crippen molar-refractivity contribution in [2.24, 2.45) is 0 Å². The van der Waals surface area contributed by atoms with Crippen molar-refractivity contribution >= 4 is 53.7 Å². The van der Waals surface area contributed by atoms with Crippen molar-refractivity contribution in [1.82, 2.24) is 4.90 Å². The maximum atomic E-state index is 12.7. The summed E-state index contributed by atoms with van der Waals surface area (Å²) < 4.78 is 7.70. The summed E-state index contributed by atoms with van der Waals surface area (Å²) in [4.78, 5) is 14.5. The maximum Gasteiger partial charge on any atom is 0.254 e. The molecule has 1 unspecified atom stereocenters. The number of hydrogen-bond acceptors (Lipinski definition) is 2. The Morgan fingerprint density at radius 2 is 1.95 bits per heavy atom. The lowest BCUT2D eigenvalue weighted by molar-refractivity contribution is -0.116. The van der Waals surface area contributed by atoms with Crippen molar-refractivity contribution in [3.8, 4) is 0 Å². The Hall–Kier alpha value is 0.0900. The fraction of sp³-hybridized carbons (Fsp3) is 0.500. The standard InChI is InChI=1S/C14H16Br3NO2/c1-14(2)8-18(7-12(6-15)20-14)13(19)9-3-10(16)5-11(17)4-9/h3-5,12H,6-8H2,1-2H3. The third kappa shape index (κ3) is 4.06. The van der Waals surface area contributed by atoms with E-state index in [2.05, 4.69) is 47.8 Å². The molecule has 0 N–H and O–H groups in total. The summed E-state index contributed by atoms with van der Waals surface area (Å²) in [6.07, 6.45) is 0.0262. The number of morpholine rings is 1. The fourth-order valence-electron chi connectivity index (χ4n) is 2.39. The van der Waals surface area contributed by atoms with Crippen LogP contribution in [0.1, 0.15) is 24.2 Å². The van der Waals surface area contributed by atoms with E-state index in [1.807, 2.05) is 36.9 Å². The lowest BCUT2D eigenvalue weighted by Crippen LogP contribution is -2.55. The fourth-order valence-corrected chi connectivity index (χ4v) is 4.02. The highest BCUT2D eigenvalue weighted by Crippen LogP contribution is 2.26. The highest BCUT2D eigenvalue weighted by molar-refractivity contribution is 9.11. The molecule has 1 saturated heterocycles. The molecule has 1 fully saturated rings. The average molecular weight is 470 g/mol. The average Bonchev–Trinajstić information content (AvgIpc) is 2.34. The summed E-state index contributed by atoms with van der Waals surface area (Å²) in [5.74, 6) is 0.0364. The van der Waals surface area contributed by atoms with E-state index in [1.165, 1.54) is 0 Å². The van der Waals surface area contributed by atoms with Gasteiger partial charge in [0, 0.05) is 32.9 Å². The Balaban J connectivity index is 2.23. The Morgan fingerprint density at radius 3 is 2.50 bits per heavy atom. The molecule has 1 amide bonds. The van der Waals surface area contributed by atoms with Crippen LogP contribution in [0.3, 0.4) is 0 Å². The Kier molecular flexibility index (Phi) is 5.32. The number of alkyl halides is 1. The molecule has 1 atom stereocenters. The zero-order valence-corrected chi connectivity index (χ0v) is 16.1. The number of rotatable bonds is 2. The van der Waals surface area contributed by atoms with Crippen LogP contribution < -0.4 is 0 Å². The molecule has 0 aromatic heterocycles. The number of hydrogen-bond donors (Lipinski definition) is 0. The van der Waals surface area contributed by atoms with Crippen LogP contribution in [0.25, 0.3) is 0 Å². The van der Waals surface area contributed by atoms with Gasteiger partial charge < -0.3 is 9.64 Å². The molecule has 0 bridgehead atoms. The zero-order chi connectivity index (χ0) is 14.9. The molecule has 2 rings (SSSR count). The molecule has 0 aliphatic carbocycles. The molecular formula is C14H16Br3NO2. The second-order valence-corrected chi connectivity index (χ2v) is 7.98. The molecule has 20 heavy (non-hydrogen) atoms. The van der Waals surface area contributed by atoms with Crippen molar-refractivity contribution in [3.05, 3.63) is 32.7 Å². The molecule has 1 aliphatic rings. The third-order valence-corrected chi connectivity index (χ3v) is 4.69. The van der Waals surface area contributed by atoms with E-state index in [1.54, 1.807) is 0 Å². The number of halogens is 3. The molecular weight excluding hydrogens is 454 g/mol. The minimum absolute atomic E-state index is 0.0262. The third-order valence-electron chi connectivity index (χ3n) is 3.05. The van der Waals surface area contributed by atoms with Crippen LogP contribution in [0.5, 0.6) is 0 Å². The van der Waals surface area contributed by atoms with Gasteiger partial charge in [0.25, 0.3) is 5.91 Å². The van der Waals surface area contributed by atoms with Gasteiger partial charge in [-0.3, -0.25) is 4.79 Å². The number of nitrogens with zero attached hydrogens (tertiary/aromatic N) is 1. The molecule has 6 heteroatoms. The summed E-state index contributed by atoms with van der Waals surface area (Å²) in [7, 11) is 0. The normalized spacial score (nSPS) is 21.9. The van der Waals surface area contributed by atoms with Gasteiger partial charge in [0.05, 0.1) is 11.7 Å². The maximum absolute atomic E-state index is 12.7. The molecule has 1 aromatic rings. The first-order valence-electron chi connectivity index (χ1n) is 6.30. The molecule has 0 spiro atoms. The topological polar surface area (TPSA) is 29.5 Å². The van der Waals surface area contributed by atoms with Crippen molar-refractivity contribution in [2.45, 2.75) is 25.6 Å². The number of carbonyl (C=O) groups excluding carboxylic acids is 1. The number of ether oxygens (including phenoxy) is 1. The quantitative estimate of drug-likeness (QED) is 0.607. The monoisotopic (exact) mass is 467 g/mol. The molecule has 0 saturated carbocycles. The van der Waals surface area contributed by atoms with E-state index in [0.29, 0.717) is 18.7 Å². The predicted octanol–water partition coefficient (Wildman–Crippen LogP) is 4.23. The second kappa shape index (κ2) is 6.46. The van der Waals surface area contributed by atoms with Gasteiger partial charge in [-0.1, -0.05) is 47.8 Å². The second-order valence-electron chi connectivity index (χ2n) is 5.50. The highest BCUT2D eigenvalue weighted by atomic mass is 79.9. The van der Waals surface area contributed by atoms with Crippen molar-refractivity contribution in [3.63, 3.8) is 0 Å². The van der Waals surface area contributed by atoms with Gasteiger partial charge in [-0.25, -0.2) is 0 Å². The van der Waals surface area contributed by atoms with Crippen LogP contribution in [0.15, 0.2) is 27.1 Å². The largest absolute Gasteiger partial charge is 0.368 e. The van der Waals surface area contributed by atoms with Crippen LogP contribution in [0, 0.1) is 0 Å². The molecule has 110 valence electrons. The van der Waals surface area contributed by atoms with Crippen molar-refractivity contribution in [2.75, 3.05) is 18.4 Å². The van der Waals surface area contributed by atoms with Crippen LogP contribution >= 0.6 is 47.8 Å². The van der Waals surface area contributed by atoms with Gasteiger partial charge in [-0.15, -0.1) is 0 Å². The van der Waals surface area contributed by atoms with Crippen molar-refractivity contribution in [1.29, 1.82) is 0 Å². The lowest BCUT2D eigenvalue weighted by Gasteiger charge is -2.42. The summed E-state index contributed by atoms with van der Waals surface area (Å²) in [6.45, 7) is 5.23. The van der Waals surface area contributed by atoms with E-state index in [0.717, 1.165) is 14.3 Å². The van der Waals surface area contributed by atoms with Gasteiger partial charge in [-0.2, -0.15) is 0 Å². The van der Waals surface area contributed by atoms with E-state index >= 15 is 0 Å². The molecule has 1 aliphatic heterocycles. The van der Waals surface area contributed by atoms with Crippen LogP contribution in [-0.4, -0.2) is 40.9 Å². The van der Waals surface area contributed by atoms with Gasteiger partial charge in [0.1, 0.15) is 0 Å². The Labute approximate surface area is 144 Å². The zero-order valence-electron chi connectivity index (χ0n) is 11.3. The SMILES string of the molecule is CC1(C)CN(C(=O)c2cc(Br)cc(Br)c2)CC(CBr)O1. The molecule has 0 radical (unpaired) electrons. The molecule has 3 nitrogen and oxygen atoms in total. The smallest absolute Gasteiger partial charge is 0.254 e. The van der Waals surface area contributed by atoms with Crippen LogP contribution in [-0.2, 0) is 4.74 Å². The van der Waals surface area contributed by atoms with Gasteiger partial charge in [0.15, 0.2) is 0 Å². The van der Waals surface area contributed by atoms with E-state index in [9.17, 15) is 4.79 Å². The molecule has 1 aromatic carbocycles. The summed E-state index contributed by atoms with van der Waals surface area (Å²) >= 11 is 10.3. The van der Waals surface area contributed by atoms with Crippen LogP contribution in [0.4, 0.5) is 0 Å². The lowest BCUT2D eigenvalue weighted by atomic mass is 10.0. The minimum atomic E-state index is -0.324. The molecule has 1 heterocycles. The number of carbonyl (C=O) groups is 1. The van der Waals surface area contributed by atoms with E-state index in [4.69, 9.17) is 4.74 Å². The van der Waals surface area contributed by atoms with Crippen LogP contribution in [0.2, 0.25) is 0 Å². The van der Waals surface area contributed by atoms with E-state index < -0.39 is 0 Å².